The van der Waals surface area contributed by atoms with Crippen LogP contribution in [0.25, 0.3) is 0 Å². The number of carbonyl (C=O) groups excluding carboxylic acids is 1. The monoisotopic (exact) mass is 253 g/mol. The Hall–Kier alpha value is -0.940. The molecule has 1 heterocycles. The first-order valence-corrected chi connectivity index (χ1v) is 6.78. The van der Waals surface area contributed by atoms with E-state index in [-0.39, 0.29) is 5.78 Å². The van der Waals surface area contributed by atoms with Crippen LogP contribution in [-0.2, 0) is 6.42 Å². The fraction of sp³-hybridized carbons (Fsp3) is 0.667. The SMILES string of the molecule is CN(C)CCN(C)c1nc2c(s1)C(=O)CCC2. The molecule has 0 amide bonds. The number of hydrogen-bond donors (Lipinski definition) is 0. The fourth-order valence-electron chi connectivity index (χ4n) is 1.87. The summed E-state index contributed by atoms with van der Waals surface area (Å²) in [5.74, 6) is 0.274. The van der Waals surface area contributed by atoms with Gasteiger partial charge in [0.15, 0.2) is 10.9 Å². The molecule has 17 heavy (non-hydrogen) atoms. The van der Waals surface area contributed by atoms with Gasteiger partial charge >= 0.3 is 0 Å². The van der Waals surface area contributed by atoms with Crippen LogP contribution in [-0.4, -0.2) is 49.9 Å². The van der Waals surface area contributed by atoms with Crippen LogP contribution in [0.3, 0.4) is 0 Å². The van der Waals surface area contributed by atoms with E-state index in [0.717, 1.165) is 41.6 Å². The molecule has 94 valence electrons. The lowest BCUT2D eigenvalue weighted by atomic mass is 10.0. The minimum absolute atomic E-state index is 0.274. The Balaban J connectivity index is 2.09. The number of Topliss-reactive ketones (excluding diaryl/α,β-unsaturated/α-hetero) is 1. The van der Waals surface area contributed by atoms with Crippen molar-refractivity contribution in [1.29, 1.82) is 0 Å². The van der Waals surface area contributed by atoms with Crippen molar-refractivity contribution in [2.45, 2.75) is 19.3 Å². The molecular weight excluding hydrogens is 234 g/mol. The molecule has 0 saturated heterocycles. The van der Waals surface area contributed by atoms with Crippen LogP contribution in [0.2, 0.25) is 0 Å². The van der Waals surface area contributed by atoms with Gasteiger partial charge in [-0.1, -0.05) is 11.3 Å². The van der Waals surface area contributed by atoms with Gasteiger partial charge in [-0.15, -0.1) is 0 Å². The first-order chi connectivity index (χ1) is 8.08. The van der Waals surface area contributed by atoms with Crippen LogP contribution >= 0.6 is 11.3 Å². The third-order valence-electron chi connectivity index (χ3n) is 2.97. The highest BCUT2D eigenvalue weighted by Crippen LogP contribution is 2.31. The first kappa shape index (κ1) is 12.5. The highest BCUT2D eigenvalue weighted by molar-refractivity contribution is 7.17. The third kappa shape index (κ3) is 2.84. The lowest BCUT2D eigenvalue weighted by Gasteiger charge is -2.18. The Bertz CT molecular complexity index is 414. The van der Waals surface area contributed by atoms with Gasteiger partial charge in [0, 0.05) is 26.6 Å². The molecule has 0 N–H and O–H groups in total. The average molecular weight is 253 g/mol. The maximum absolute atomic E-state index is 11.7. The summed E-state index contributed by atoms with van der Waals surface area (Å²) in [6.45, 7) is 1.93. The Morgan fingerprint density at radius 2 is 2.00 bits per heavy atom. The number of nitrogens with zero attached hydrogens (tertiary/aromatic N) is 3. The molecule has 0 bridgehead atoms. The van der Waals surface area contributed by atoms with Crippen LogP contribution in [0.4, 0.5) is 5.13 Å². The van der Waals surface area contributed by atoms with Gasteiger partial charge in [-0.3, -0.25) is 4.79 Å². The van der Waals surface area contributed by atoms with Crippen LogP contribution in [0.1, 0.15) is 28.2 Å². The smallest absolute Gasteiger partial charge is 0.186 e. The Morgan fingerprint density at radius 3 is 2.65 bits per heavy atom. The number of carbonyl (C=O) groups is 1. The third-order valence-corrected chi connectivity index (χ3v) is 4.22. The van der Waals surface area contributed by atoms with Crippen LogP contribution < -0.4 is 4.90 Å². The molecule has 0 fully saturated rings. The molecule has 2 rings (SSSR count). The summed E-state index contributed by atoms with van der Waals surface area (Å²) in [5.41, 5.74) is 1.01. The molecule has 0 aliphatic heterocycles. The van der Waals surface area contributed by atoms with Gasteiger partial charge in [0.1, 0.15) is 0 Å². The standard InChI is InChI=1S/C12H19N3OS/c1-14(2)7-8-15(3)12-13-9-5-4-6-10(16)11(9)17-12/h4-8H2,1-3H3. The molecule has 4 nitrogen and oxygen atoms in total. The van der Waals surface area contributed by atoms with E-state index in [2.05, 4.69) is 28.9 Å². The van der Waals surface area contributed by atoms with Gasteiger partial charge in [0.2, 0.25) is 0 Å². The van der Waals surface area contributed by atoms with E-state index in [9.17, 15) is 4.79 Å². The van der Waals surface area contributed by atoms with Gasteiger partial charge in [-0.2, -0.15) is 0 Å². The van der Waals surface area contributed by atoms with Crippen LogP contribution in [0.5, 0.6) is 0 Å². The molecule has 5 heteroatoms. The highest BCUT2D eigenvalue weighted by Gasteiger charge is 2.23. The molecule has 0 aromatic carbocycles. The second kappa shape index (κ2) is 5.14. The largest absolute Gasteiger partial charge is 0.350 e. The zero-order chi connectivity index (χ0) is 12.4. The van der Waals surface area contributed by atoms with Gasteiger partial charge in [-0.05, 0) is 26.9 Å². The number of hydrogen-bond acceptors (Lipinski definition) is 5. The van der Waals surface area contributed by atoms with Crippen molar-refractivity contribution >= 4 is 22.3 Å². The maximum atomic E-state index is 11.7. The zero-order valence-corrected chi connectivity index (χ0v) is 11.5. The maximum Gasteiger partial charge on any atom is 0.186 e. The fourth-order valence-corrected chi connectivity index (χ4v) is 2.93. The van der Waals surface area contributed by atoms with Crippen molar-refractivity contribution in [3.63, 3.8) is 0 Å². The summed E-state index contributed by atoms with van der Waals surface area (Å²) in [5, 5.41) is 0.979. The molecule has 1 aliphatic rings. The summed E-state index contributed by atoms with van der Waals surface area (Å²) in [6.07, 6.45) is 2.60. The number of aryl methyl sites for hydroxylation is 1. The molecule has 0 saturated carbocycles. The van der Waals surface area contributed by atoms with Crippen molar-refractivity contribution < 1.29 is 4.79 Å². The normalized spacial score (nSPS) is 15.2. The molecule has 0 spiro atoms. The van der Waals surface area contributed by atoms with Crippen molar-refractivity contribution in [2.24, 2.45) is 0 Å². The van der Waals surface area contributed by atoms with Crippen molar-refractivity contribution in [2.75, 3.05) is 39.1 Å². The van der Waals surface area contributed by atoms with Crippen LogP contribution in [0, 0.1) is 0 Å². The second-order valence-electron chi connectivity index (χ2n) is 4.77. The highest BCUT2D eigenvalue weighted by atomic mass is 32.1. The summed E-state index contributed by atoms with van der Waals surface area (Å²) in [6, 6.07) is 0. The van der Waals surface area contributed by atoms with Gasteiger partial charge in [0.05, 0.1) is 10.6 Å². The molecule has 1 aromatic rings. The minimum atomic E-state index is 0.274. The predicted octanol–water partition coefficient (Wildman–Crippen LogP) is 1.66. The number of fused-ring (bicyclic) bond motifs is 1. The van der Waals surface area contributed by atoms with E-state index in [4.69, 9.17) is 0 Å². The number of thiazole rings is 1. The van der Waals surface area contributed by atoms with Crippen molar-refractivity contribution in [1.82, 2.24) is 9.88 Å². The lowest BCUT2D eigenvalue weighted by molar-refractivity contribution is 0.0976. The number of likely N-dealkylation sites (N-methyl/N-ethyl adjacent to an activating group) is 2. The molecule has 1 aromatic heterocycles. The Kier molecular flexibility index (Phi) is 3.79. The molecule has 1 aliphatic carbocycles. The Labute approximate surface area is 106 Å². The van der Waals surface area contributed by atoms with Crippen molar-refractivity contribution in [3.8, 4) is 0 Å². The number of ketones is 1. The number of aromatic nitrogens is 1. The minimum Gasteiger partial charge on any atom is -0.350 e. The van der Waals surface area contributed by atoms with E-state index >= 15 is 0 Å². The first-order valence-electron chi connectivity index (χ1n) is 5.96. The zero-order valence-electron chi connectivity index (χ0n) is 10.7. The van der Waals surface area contributed by atoms with Crippen LogP contribution in [0.15, 0.2) is 0 Å². The van der Waals surface area contributed by atoms with Gasteiger partial charge in [-0.25, -0.2) is 4.98 Å². The van der Waals surface area contributed by atoms with E-state index in [1.807, 2.05) is 7.05 Å². The molecule has 0 unspecified atom stereocenters. The summed E-state index contributed by atoms with van der Waals surface area (Å²) in [4.78, 5) is 21.5. The van der Waals surface area contributed by atoms with E-state index < -0.39 is 0 Å². The molecule has 0 radical (unpaired) electrons. The predicted molar refractivity (Wildman–Crippen MR) is 71.2 cm³/mol. The average Bonchev–Trinajstić information content (AvgIpc) is 2.71. The summed E-state index contributed by atoms with van der Waals surface area (Å²) in [7, 11) is 6.16. The number of rotatable bonds is 4. The number of anilines is 1. The summed E-state index contributed by atoms with van der Waals surface area (Å²) >= 11 is 1.55. The molecular formula is C12H19N3OS. The molecule has 0 atom stereocenters. The van der Waals surface area contributed by atoms with E-state index in [1.165, 1.54) is 0 Å². The quantitative estimate of drug-likeness (QED) is 0.817. The van der Waals surface area contributed by atoms with Gasteiger partial charge < -0.3 is 9.80 Å². The second-order valence-corrected chi connectivity index (χ2v) is 5.75. The lowest BCUT2D eigenvalue weighted by Crippen LogP contribution is -2.28. The van der Waals surface area contributed by atoms with Gasteiger partial charge in [0.25, 0.3) is 0 Å². The van der Waals surface area contributed by atoms with E-state index in [0.29, 0.717) is 6.42 Å². The summed E-state index contributed by atoms with van der Waals surface area (Å²) < 4.78 is 0. The van der Waals surface area contributed by atoms with Crippen molar-refractivity contribution in [3.05, 3.63) is 10.6 Å². The Morgan fingerprint density at radius 1 is 1.24 bits per heavy atom. The topological polar surface area (TPSA) is 36.4 Å². The van der Waals surface area contributed by atoms with E-state index in [1.54, 1.807) is 11.3 Å².